The molecule has 0 saturated carbocycles. The van der Waals surface area contributed by atoms with Gasteiger partial charge >= 0.3 is 0 Å². The minimum atomic E-state index is 0.165. The first kappa shape index (κ1) is 17.4. The summed E-state index contributed by atoms with van der Waals surface area (Å²) in [6.45, 7) is 0. The van der Waals surface area contributed by atoms with Crippen molar-refractivity contribution < 1.29 is 5.11 Å². The number of hydrogen-bond acceptors (Lipinski definition) is 4. The fourth-order valence-electron chi connectivity index (χ4n) is 2.53. The number of aromatic hydroxyl groups is 1. The van der Waals surface area contributed by atoms with Gasteiger partial charge in [-0.05, 0) is 46.3 Å². The number of nitrogens with zero attached hydrogens (tertiary/aromatic N) is 2. The standard InChI is InChI=1S/C20H12Br2N2OS/c21-14-8-13(19(25)16(22)9-14)11-23-15-6-7-18-17(10-15)24-20(26-18)12-4-2-1-3-5-12/h1-11,25H. The van der Waals surface area contributed by atoms with Crippen molar-refractivity contribution in [1.82, 2.24) is 4.98 Å². The smallest absolute Gasteiger partial charge is 0.138 e. The Morgan fingerprint density at radius 2 is 1.81 bits per heavy atom. The van der Waals surface area contributed by atoms with Gasteiger partial charge in [-0.1, -0.05) is 46.3 Å². The van der Waals surface area contributed by atoms with E-state index in [1.807, 2.05) is 42.5 Å². The Balaban J connectivity index is 1.68. The van der Waals surface area contributed by atoms with Crippen molar-refractivity contribution >= 4 is 65.3 Å². The highest BCUT2D eigenvalue weighted by atomic mass is 79.9. The van der Waals surface area contributed by atoms with Crippen LogP contribution >= 0.6 is 43.2 Å². The molecule has 1 heterocycles. The molecule has 4 aromatic rings. The van der Waals surface area contributed by atoms with E-state index in [4.69, 9.17) is 4.98 Å². The predicted octanol–water partition coefficient (Wildman–Crippen LogP) is 6.94. The number of aromatic nitrogens is 1. The molecule has 4 rings (SSSR count). The van der Waals surface area contributed by atoms with E-state index in [1.165, 1.54) is 0 Å². The zero-order valence-electron chi connectivity index (χ0n) is 13.4. The van der Waals surface area contributed by atoms with Crippen molar-refractivity contribution in [2.75, 3.05) is 0 Å². The van der Waals surface area contributed by atoms with Crippen LogP contribution in [0.15, 0.2) is 74.6 Å². The largest absolute Gasteiger partial charge is 0.506 e. The second-order valence-electron chi connectivity index (χ2n) is 5.62. The third kappa shape index (κ3) is 3.58. The Kier molecular flexibility index (Phi) is 4.89. The summed E-state index contributed by atoms with van der Waals surface area (Å²) in [4.78, 5) is 9.21. The van der Waals surface area contributed by atoms with Crippen molar-refractivity contribution in [3.63, 3.8) is 0 Å². The van der Waals surface area contributed by atoms with Gasteiger partial charge in [-0.2, -0.15) is 0 Å². The maximum absolute atomic E-state index is 10.1. The third-order valence-electron chi connectivity index (χ3n) is 3.80. The molecular weight excluding hydrogens is 476 g/mol. The average molecular weight is 488 g/mol. The van der Waals surface area contributed by atoms with Crippen LogP contribution in [0.4, 0.5) is 5.69 Å². The Hall–Kier alpha value is -2.02. The molecule has 128 valence electrons. The summed E-state index contributed by atoms with van der Waals surface area (Å²) in [5.74, 6) is 0.165. The van der Waals surface area contributed by atoms with Crippen LogP contribution in [-0.4, -0.2) is 16.3 Å². The molecule has 0 unspecified atom stereocenters. The minimum absolute atomic E-state index is 0.165. The van der Waals surface area contributed by atoms with E-state index >= 15 is 0 Å². The molecule has 3 nitrogen and oxygen atoms in total. The number of phenols is 1. The molecule has 0 aliphatic carbocycles. The number of thiazole rings is 1. The molecule has 1 N–H and O–H groups in total. The number of phenolic OH excluding ortho intramolecular Hbond substituents is 1. The van der Waals surface area contributed by atoms with Crippen molar-refractivity contribution in [2.24, 2.45) is 4.99 Å². The maximum Gasteiger partial charge on any atom is 0.138 e. The number of hydrogen-bond donors (Lipinski definition) is 1. The first-order valence-corrected chi connectivity index (χ1v) is 10.2. The van der Waals surface area contributed by atoms with Gasteiger partial charge in [-0.3, -0.25) is 4.99 Å². The van der Waals surface area contributed by atoms with Crippen molar-refractivity contribution in [2.45, 2.75) is 0 Å². The van der Waals surface area contributed by atoms with Gasteiger partial charge < -0.3 is 5.11 Å². The van der Waals surface area contributed by atoms with E-state index in [9.17, 15) is 5.11 Å². The lowest BCUT2D eigenvalue weighted by Crippen LogP contribution is -1.84. The fourth-order valence-corrected chi connectivity index (χ4v) is 4.74. The molecule has 0 amide bonds. The van der Waals surface area contributed by atoms with Gasteiger partial charge in [0.1, 0.15) is 10.8 Å². The summed E-state index contributed by atoms with van der Waals surface area (Å²) in [5, 5.41) is 11.1. The van der Waals surface area contributed by atoms with Crippen LogP contribution in [0.2, 0.25) is 0 Å². The lowest BCUT2D eigenvalue weighted by atomic mass is 10.2. The Labute approximate surface area is 171 Å². The van der Waals surface area contributed by atoms with Crippen LogP contribution in [-0.2, 0) is 0 Å². The van der Waals surface area contributed by atoms with Crippen molar-refractivity contribution in [3.05, 3.63) is 75.2 Å². The molecule has 0 bridgehead atoms. The van der Waals surface area contributed by atoms with Gasteiger partial charge in [0.05, 0.1) is 20.4 Å². The van der Waals surface area contributed by atoms with Crippen LogP contribution in [0.25, 0.3) is 20.8 Å². The predicted molar refractivity (Wildman–Crippen MR) is 116 cm³/mol. The quantitative estimate of drug-likeness (QED) is 0.318. The van der Waals surface area contributed by atoms with E-state index in [0.29, 0.717) is 10.0 Å². The molecule has 0 atom stereocenters. The second kappa shape index (κ2) is 7.31. The van der Waals surface area contributed by atoms with Crippen LogP contribution < -0.4 is 0 Å². The van der Waals surface area contributed by atoms with E-state index in [2.05, 4.69) is 49.0 Å². The molecule has 0 radical (unpaired) electrons. The first-order valence-electron chi connectivity index (χ1n) is 7.78. The van der Waals surface area contributed by atoms with Crippen LogP contribution in [0, 0.1) is 0 Å². The molecule has 1 aromatic heterocycles. The molecule has 0 saturated heterocycles. The highest BCUT2D eigenvalue weighted by Crippen LogP contribution is 2.33. The molecule has 0 aliphatic rings. The van der Waals surface area contributed by atoms with E-state index in [0.717, 1.165) is 30.9 Å². The minimum Gasteiger partial charge on any atom is -0.506 e. The summed E-state index contributed by atoms with van der Waals surface area (Å²) in [7, 11) is 0. The number of fused-ring (bicyclic) bond motifs is 1. The zero-order valence-corrected chi connectivity index (χ0v) is 17.3. The van der Waals surface area contributed by atoms with Gasteiger partial charge in [-0.25, -0.2) is 4.98 Å². The molecular formula is C20H12Br2N2OS. The van der Waals surface area contributed by atoms with Crippen LogP contribution in [0.3, 0.4) is 0 Å². The Morgan fingerprint density at radius 3 is 2.62 bits per heavy atom. The third-order valence-corrected chi connectivity index (χ3v) is 5.95. The highest BCUT2D eigenvalue weighted by molar-refractivity contribution is 9.11. The lowest BCUT2D eigenvalue weighted by molar-refractivity contribution is 0.471. The molecule has 6 heteroatoms. The fraction of sp³-hybridized carbons (Fsp3) is 0. The number of rotatable bonds is 3. The van der Waals surface area contributed by atoms with Gasteiger partial charge in [0, 0.05) is 21.8 Å². The number of halogens is 2. The monoisotopic (exact) mass is 486 g/mol. The van der Waals surface area contributed by atoms with Gasteiger partial charge in [-0.15, -0.1) is 11.3 Å². The SMILES string of the molecule is Oc1c(Br)cc(Br)cc1C=Nc1ccc2sc(-c3ccccc3)nc2c1. The highest BCUT2D eigenvalue weighted by Gasteiger charge is 2.07. The Morgan fingerprint density at radius 1 is 1.00 bits per heavy atom. The first-order chi connectivity index (χ1) is 12.6. The molecule has 26 heavy (non-hydrogen) atoms. The van der Waals surface area contributed by atoms with Crippen molar-refractivity contribution in [1.29, 1.82) is 0 Å². The van der Waals surface area contributed by atoms with E-state index in [1.54, 1.807) is 23.6 Å². The summed E-state index contributed by atoms with van der Waals surface area (Å²) >= 11 is 8.41. The molecule has 0 fully saturated rings. The van der Waals surface area contributed by atoms with E-state index in [-0.39, 0.29) is 5.75 Å². The molecule has 0 spiro atoms. The van der Waals surface area contributed by atoms with Gasteiger partial charge in [0.25, 0.3) is 0 Å². The number of benzene rings is 3. The molecule has 0 aliphatic heterocycles. The summed E-state index contributed by atoms with van der Waals surface area (Å²) in [6.07, 6.45) is 1.65. The topological polar surface area (TPSA) is 45.5 Å². The Bertz CT molecular complexity index is 1120. The summed E-state index contributed by atoms with van der Waals surface area (Å²) in [6, 6.07) is 19.7. The van der Waals surface area contributed by atoms with Crippen molar-refractivity contribution in [3.8, 4) is 16.3 Å². The normalized spacial score (nSPS) is 11.5. The van der Waals surface area contributed by atoms with Gasteiger partial charge in [0.2, 0.25) is 0 Å². The summed E-state index contributed by atoms with van der Waals surface area (Å²) < 4.78 is 2.61. The van der Waals surface area contributed by atoms with Crippen LogP contribution in [0.5, 0.6) is 5.75 Å². The van der Waals surface area contributed by atoms with Crippen LogP contribution in [0.1, 0.15) is 5.56 Å². The maximum atomic E-state index is 10.1. The molecule has 3 aromatic carbocycles. The number of aliphatic imine (C=N–C) groups is 1. The lowest BCUT2D eigenvalue weighted by Gasteiger charge is -2.02. The zero-order chi connectivity index (χ0) is 18.1. The summed E-state index contributed by atoms with van der Waals surface area (Å²) in [5.41, 5.74) is 3.46. The average Bonchev–Trinajstić information content (AvgIpc) is 3.07. The second-order valence-corrected chi connectivity index (χ2v) is 8.42. The van der Waals surface area contributed by atoms with E-state index < -0.39 is 0 Å². The van der Waals surface area contributed by atoms with Gasteiger partial charge in [0.15, 0.2) is 0 Å².